The topological polar surface area (TPSA) is 63.3 Å². The summed E-state index contributed by atoms with van der Waals surface area (Å²) in [5, 5.41) is 12.0. The molecule has 64 valence electrons. The van der Waals surface area contributed by atoms with Crippen molar-refractivity contribution in [3.8, 4) is 0 Å². The Labute approximate surface area is 69.5 Å². The minimum atomic E-state index is -1.10. The van der Waals surface area contributed by atoms with Crippen LogP contribution < -0.4 is 0 Å². The van der Waals surface area contributed by atoms with Crippen LogP contribution >= 0.6 is 0 Å². The molecule has 0 unspecified atom stereocenters. The predicted molar refractivity (Wildman–Crippen MR) is 42.8 cm³/mol. The number of rotatable bonds is 3. The Morgan fingerprint density at radius 3 is 3.08 bits per heavy atom. The van der Waals surface area contributed by atoms with Gasteiger partial charge in [0, 0.05) is 6.07 Å². The number of nitrogens with zero attached hydrogens (tertiary/aromatic N) is 1. The highest BCUT2D eigenvalue weighted by Crippen LogP contribution is 2.05. The van der Waals surface area contributed by atoms with Gasteiger partial charge in [-0.1, -0.05) is 18.2 Å². The molecule has 0 atom stereocenters. The van der Waals surface area contributed by atoms with Gasteiger partial charge in [0.25, 0.3) is 0 Å². The molecule has 0 aliphatic carbocycles. The largest absolute Gasteiger partial charge is 0.475 e. The van der Waals surface area contributed by atoms with Gasteiger partial charge >= 0.3 is 5.97 Å². The van der Waals surface area contributed by atoms with E-state index in [1.54, 1.807) is 6.08 Å². The van der Waals surface area contributed by atoms with E-state index in [0.29, 0.717) is 5.69 Å². The lowest BCUT2D eigenvalue weighted by Crippen LogP contribution is -1.91. The lowest BCUT2D eigenvalue weighted by molar-refractivity contribution is 0.0652. The van der Waals surface area contributed by atoms with Crippen LogP contribution in [0.4, 0.5) is 0 Å². The zero-order chi connectivity index (χ0) is 8.97. The summed E-state index contributed by atoms with van der Waals surface area (Å²) in [7, 11) is 0. The van der Waals surface area contributed by atoms with Gasteiger partial charge in [0.1, 0.15) is 5.69 Å². The minimum absolute atomic E-state index is 0.134. The first-order chi connectivity index (χ1) is 5.74. The minimum Gasteiger partial charge on any atom is -0.475 e. The Balaban J connectivity index is 2.77. The van der Waals surface area contributed by atoms with Gasteiger partial charge in [0.15, 0.2) is 0 Å². The first-order valence-corrected chi connectivity index (χ1v) is 3.60. The van der Waals surface area contributed by atoms with Crippen molar-refractivity contribution in [1.29, 1.82) is 0 Å². The number of carboxylic acids is 1. The van der Waals surface area contributed by atoms with Gasteiger partial charge in [-0.05, 0) is 12.5 Å². The van der Waals surface area contributed by atoms with Crippen molar-refractivity contribution in [2.24, 2.45) is 0 Å². The van der Waals surface area contributed by atoms with E-state index in [9.17, 15) is 4.79 Å². The van der Waals surface area contributed by atoms with E-state index in [4.69, 9.17) is 5.11 Å². The predicted octanol–water partition coefficient (Wildman–Crippen LogP) is 1.80. The van der Waals surface area contributed by atoms with Crippen LogP contribution in [0.25, 0.3) is 6.08 Å². The quantitative estimate of drug-likeness (QED) is 0.745. The summed E-state index contributed by atoms with van der Waals surface area (Å²) in [6.07, 6.45) is 4.48. The number of carbonyl (C=O) groups is 1. The summed E-state index contributed by atoms with van der Waals surface area (Å²) >= 11 is 0. The van der Waals surface area contributed by atoms with Crippen molar-refractivity contribution in [2.45, 2.75) is 13.3 Å². The molecule has 1 N–H and O–H groups in total. The van der Waals surface area contributed by atoms with Crippen molar-refractivity contribution in [2.75, 3.05) is 0 Å². The fourth-order valence-electron chi connectivity index (χ4n) is 0.707. The Hall–Kier alpha value is -1.58. The first-order valence-electron chi connectivity index (χ1n) is 3.60. The molecule has 0 aliphatic heterocycles. The van der Waals surface area contributed by atoms with E-state index in [-0.39, 0.29) is 5.76 Å². The van der Waals surface area contributed by atoms with Gasteiger partial charge in [0.05, 0.1) is 0 Å². The molecule has 0 bridgehead atoms. The van der Waals surface area contributed by atoms with Crippen LogP contribution in [0.5, 0.6) is 0 Å². The average Bonchev–Trinajstić information content (AvgIpc) is 2.48. The SMILES string of the molecule is CC/C=C/c1cc(C(=O)O)on1. The maximum Gasteiger partial charge on any atom is 0.374 e. The Morgan fingerprint density at radius 1 is 1.83 bits per heavy atom. The van der Waals surface area contributed by atoms with Gasteiger partial charge in [0.2, 0.25) is 5.76 Å². The summed E-state index contributed by atoms with van der Waals surface area (Å²) in [4.78, 5) is 10.3. The number of carboxylic acid groups (broad SMARTS) is 1. The van der Waals surface area contributed by atoms with Gasteiger partial charge in [-0.3, -0.25) is 0 Å². The molecule has 0 saturated carbocycles. The molecule has 0 radical (unpaired) electrons. The molecular weight excluding hydrogens is 158 g/mol. The monoisotopic (exact) mass is 167 g/mol. The molecule has 0 saturated heterocycles. The number of allylic oxidation sites excluding steroid dienone is 1. The van der Waals surface area contributed by atoms with Crippen LogP contribution in [0.3, 0.4) is 0 Å². The van der Waals surface area contributed by atoms with Crippen molar-refractivity contribution < 1.29 is 14.4 Å². The highest BCUT2D eigenvalue weighted by Gasteiger charge is 2.08. The lowest BCUT2D eigenvalue weighted by Gasteiger charge is -1.77. The number of aromatic nitrogens is 1. The third kappa shape index (κ3) is 1.95. The van der Waals surface area contributed by atoms with E-state index in [0.717, 1.165) is 6.42 Å². The van der Waals surface area contributed by atoms with E-state index >= 15 is 0 Å². The second kappa shape index (κ2) is 3.71. The molecule has 4 nitrogen and oxygen atoms in total. The molecular formula is C8H9NO3. The molecule has 1 heterocycles. The molecule has 0 fully saturated rings. The molecule has 1 aromatic rings. The molecule has 12 heavy (non-hydrogen) atoms. The summed E-state index contributed by atoms with van der Waals surface area (Å²) in [6, 6.07) is 1.38. The van der Waals surface area contributed by atoms with E-state index in [1.807, 2.05) is 13.0 Å². The molecule has 1 aromatic heterocycles. The van der Waals surface area contributed by atoms with E-state index < -0.39 is 5.97 Å². The Kier molecular flexibility index (Phi) is 2.63. The van der Waals surface area contributed by atoms with Crippen LogP contribution in [-0.2, 0) is 0 Å². The maximum absolute atomic E-state index is 10.3. The van der Waals surface area contributed by atoms with Gasteiger partial charge in [-0.15, -0.1) is 0 Å². The summed E-state index contributed by atoms with van der Waals surface area (Å²) < 4.78 is 4.52. The van der Waals surface area contributed by atoms with Crippen LogP contribution in [0, 0.1) is 0 Å². The first kappa shape index (κ1) is 8.52. The summed E-state index contributed by atoms with van der Waals surface area (Å²) in [5.74, 6) is -1.23. The van der Waals surface area contributed by atoms with Crippen LogP contribution in [-0.4, -0.2) is 16.2 Å². The highest BCUT2D eigenvalue weighted by molar-refractivity contribution is 5.84. The molecule has 4 heteroatoms. The number of hydrogen-bond acceptors (Lipinski definition) is 3. The van der Waals surface area contributed by atoms with Gasteiger partial charge in [-0.2, -0.15) is 0 Å². The third-order valence-electron chi connectivity index (χ3n) is 1.26. The van der Waals surface area contributed by atoms with Gasteiger partial charge < -0.3 is 9.63 Å². The zero-order valence-corrected chi connectivity index (χ0v) is 6.65. The van der Waals surface area contributed by atoms with Crippen molar-refractivity contribution in [3.63, 3.8) is 0 Å². The highest BCUT2D eigenvalue weighted by atomic mass is 16.5. The van der Waals surface area contributed by atoms with Crippen LogP contribution in [0.1, 0.15) is 29.6 Å². The Morgan fingerprint density at radius 2 is 2.58 bits per heavy atom. The van der Waals surface area contributed by atoms with Crippen molar-refractivity contribution in [3.05, 3.63) is 23.6 Å². The summed E-state index contributed by atoms with van der Waals surface area (Å²) in [5.41, 5.74) is 0.536. The normalized spacial score (nSPS) is 10.8. The van der Waals surface area contributed by atoms with Gasteiger partial charge in [-0.25, -0.2) is 4.79 Å². The second-order valence-electron chi connectivity index (χ2n) is 2.23. The van der Waals surface area contributed by atoms with Crippen LogP contribution in [0.15, 0.2) is 16.7 Å². The molecule has 0 aliphatic rings. The smallest absolute Gasteiger partial charge is 0.374 e. The van der Waals surface area contributed by atoms with Crippen molar-refractivity contribution >= 4 is 12.0 Å². The molecule has 0 aromatic carbocycles. The third-order valence-corrected chi connectivity index (χ3v) is 1.26. The maximum atomic E-state index is 10.3. The Bertz CT molecular complexity index is 301. The fraction of sp³-hybridized carbons (Fsp3) is 0.250. The summed E-state index contributed by atoms with van der Waals surface area (Å²) in [6.45, 7) is 1.98. The lowest BCUT2D eigenvalue weighted by atomic mass is 10.3. The number of aromatic carboxylic acids is 1. The molecule has 0 spiro atoms. The second-order valence-corrected chi connectivity index (χ2v) is 2.23. The average molecular weight is 167 g/mol. The number of hydrogen-bond donors (Lipinski definition) is 1. The van der Waals surface area contributed by atoms with Crippen LogP contribution in [0.2, 0.25) is 0 Å². The van der Waals surface area contributed by atoms with E-state index in [1.165, 1.54) is 6.07 Å². The van der Waals surface area contributed by atoms with Crippen molar-refractivity contribution in [1.82, 2.24) is 5.16 Å². The standard InChI is InChI=1S/C8H9NO3/c1-2-3-4-6-5-7(8(10)11)12-9-6/h3-5H,2H2,1H3,(H,10,11)/b4-3+. The molecule has 1 rings (SSSR count). The zero-order valence-electron chi connectivity index (χ0n) is 6.65. The fourth-order valence-corrected chi connectivity index (χ4v) is 0.707. The molecule has 0 amide bonds. The van der Waals surface area contributed by atoms with E-state index in [2.05, 4.69) is 9.68 Å².